The second-order valence-electron chi connectivity index (χ2n) is 9.36. The SMILES string of the molecule is Cc1ccc(N(CC(=O)N/N=C\c2cc(C)n(-c3c(C)cccc3C)c2C)S(=O)(=O)c2ccccc2)cc1. The number of hydrogen-bond acceptors (Lipinski definition) is 4. The van der Waals surface area contributed by atoms with Crippen LogP contribution in [0.15, 0.2) is 88.9 Å². The molecule has 4 rings (SSSR count). The summed E-state index contributed by atoms with van der Waals surface area (Å²) in [6.07, 6.45) is 1.59. The van der Waals surface area contributed by atoms with Crippen LogP contribution in [0.4, 0.5) is 5.69 Å². The van der Waals surface area contributed by atoms with E-state index >= 15 is 0 Å². The van der Waals surface area contributed by atoms with Gasteiger partial charge < -0.3 is 4.57 Å². The van der Waals surface area contributed by atoms with Crippen molar-refractivity contribution >= 4 is 27.8 Å². The van der Waals surface area contributed by atoms with E-state index in [1.807, 2.05) is 45.0 Å². The largest absolute Gasteiger partial charge is 0.317 e. The van der Waals surface area contributed by atoms with Gasteiger partial charge in [-0.2, -0.15) is 5.10 Å². The number of hydrazone groups is 1. The maximum absolute atomic E-state index is 13.4. The van der Waals surface area contributed by atoms with Gasteiger partial charge in [-0.05, 0) is 76.1 Å². The lowest BCUT2D eigenvalue weighted by Crippen LogP contribution is -2.39. The molecular weight excluding hydrogens is 496 g/mol. The van der Waals surface area contributed by atoms with Crippen LogP contribution in [0, 0.1) is 34.6 Å². The quantitative estimate of drug-likeness (QED) is 0.247. The number of nitrogens with one attached hydrogen (secondary N) is 1. The summed E-state index contributed by atoms with van der Waals surface area (Å²) in [6, 6.07) is 23.3. The lowest BCUT2D eigenvalue weighted by molar-refractivity contribution is -0.119. The first-order valence-corrected chi connectivity index (χ1v) is 13.8. The molecular formula is C30H32N4O3S. The molecule has 196 valence electrons. The Balaban J connectivity index is 1.56. The van der Waals surface area contributed by atoms with Crippen molar-refractivity contribution in [3.05, 3.63) is 113 Å². The molecule has 3 aromatic carbocycles. The van der Waals surface area contributed by atoms with E-state index < -0.39 is 22.5 Å². The maximum atomic E-state index is 13.4. The monoisotopic (exact) mass is 528 g/mol. The summed E-state index contributed by atoms with van der Waals surface area (Å²) in [4.78, 5) is 13.0. The first kappa shape index (κ1) is 26.9. The summed E-state index contributed by atoms with van der Waals surface area (Å²) in [6.45, 7) is 9.70. The molecule has 0 saturated heterocycles. The van der Waals surface area contributed by atoms with Gasteiger partial charge in [0, 0.05) is 17.0 Å². The van der Waals surface area contributed by atoms with E-state index in [2.05, 4.69) is 41.1 Å². The topological polar surface area (TPSA) is 83.8 Å². The van der Waals surface area contributed by atoms with Crippen molar-refractivity contribution < 1.29 is 13.2 Å². The fourth-order valence-corrected chi connectivity index (χ4v) is 5.95. The molecule has 0 aliphatic rings. The Morgan fingerprint density at radius 1 is 0.895 bits per heavy atom. The minimum atomic E-state index is -3.97. The lowest BCUT2D eigenvalue weighted by Gasteiger charge is -2.23. The molecule has 0 aliphatic carbocycles. The molecule has 0 aliphatic heterocycles. The van der Waals surface area contributed by atoms with Crippen LogP contribution in [-0.4, -0.2) is 31.7 Å². The van der Waals surface area contributed by atoms with Crippen molar-refractivity contribution in [2.75, 3.05) is 10.8 Å². The Kier molecular flexibility index (Phi) is 7.83. The second-order valence-corrected chi connectivity index (χ2v) is 11.2. The third kappa shape index (κ3) is 5.55. The molecule has 0 radical (unpaired) electrons. The highest BCUT2D eigenvalue weighted by atomic mass is 32.2. The van der Waals surface area contributed by atoms with Gasteiger partial charge in [0.15, 0.2) is 0 Å². The zero-order chi connectivity index (χ0) is 27.4. The number of nitrogens with zero attached hydrogens (tertiary/aromatic N) is 3. The second kappa shape index (κ2) is 11.1. The zero-order valence-electron chi connectivity index (χ0n) is 22.3. The third-order valence-corrected chi connectivity index (χ3v) is 8.25. The Hall–Kier alpha value is -4.17. The summed E-state index contributed by atoms with van der Waals surface area (Å²) in [5.41, 5.74) is 10.2. The number of carbonyl (C=O) groups is 1. The van der Waals surface area contributed by atoms with Crippen molar-refractivity contribution in [1.29, 1.82) is 0 Å². The molecule has 38 heavy (non-hydrogen) atoms. The molecule has 1 aromatic heterocycles. The van der Waals surface area contributed by atoms with Crippen LogP contribution in [0.1, 0.15) is 33.6 Å². The van der Waals surface area contributed by atoms with Gasteiger partial charge in [0.05, 0.1) is 22.5 Å². The summed E-state index contributed by atoms with van der Waals surface area (Å²) in [7, 11) is -3.97. The molecule has 0 atom stereocenters. The number of anilines is 1. The molecule has 0 spiro atoms. The minimum Gasteiger partial charge on any atom is -0.317 e. The standard InChI is InChI=1S/C30H32N4O3S/c1-21-14-16-27(17-15-21)33(38(36,37)28-12-7-6-8-13-28)20-29(35)32-31-19-26-18-24(4)34(25(26)5)30-22(2)10-9-11-23(30)3/h6-19H,20H2,1-5H3,(H,32,35)/b31-19-. The fraction of sp³-hybridized carbons (Fsp3) is 0.200. The number of para-hydroxylation sites is 1. The molecule has 0 unspecified atom stereocenters. The molecule has 8 heteroatoms. The predicted molar refractivity (Wildman–Crippen MR) is 153 cm³/mol. The molecule has 4 aromatic rings. The van der Waals surface area contributed by atoms with Crippen molar-refractivity contribution in [3.8, 4) is 5.69 Å². The van der Waals surface area contributed by atoms with Gasteiger partial charge in [-0.25, -0.2) is 13.8 Å². The lowest BCUT2D eigenvalue weighted by atomic mass is 10.1. The van der Waals surface area contributed by atoms with Crippen LogP contribution >= 0.6 is 0 Å². The Morgan fingerprint density at radius 3 is 2.16 bits per heavy atom. The fourth-order valence-electron chi connectivity index (χ4n) is 4.51. The Labute approximate surface area is 224 Å². The van der Waals surface area contributed by atoms with Crippen molar-refractivity contribution in [3.63, 3.8) is 0 Å². The van der Waals surface area contributed by atoms with Crippen LogP contribution in [0.2, 0.25) is 0 Å². The van der Waals surface area contributed by atoms with E-state index in [4.69, 9.17) is 0 Å². The Morgan fingerprint density at radius 2 is 1.53 bits per heavy atom. The molecule has 0 saturated carbocycles. The molecule has 0 bridgehead atoms. The number of aromatic nitrogens is 1. The van der Waals surface area contributed by atoms with Crippen LogP contribution in [0.5, 0.6) is 0 Å². The molecule has 1 heterocycles. The highest BCUT2D eigenvalue weighted by molar-refractivity contribution is 7.92. The van der Waals surface area contributed by atoms with Crippen LogP contribution in [0.3, 0.4) is 0 Å². The Bertz CT molecular complexity index is 1570. The summed E-state index contributed by atoms with van der Waals surface area (Å²) < 4.78 is 30.1. The van der Waals surface area contributed by atoms with Crippen LogP contribution < -0.4 is 9.73 Å². The van der Waals surface area contributed by atoms with Crippen molar-refractivity contribution in [2.24, 2.45) is 5.10 Å². The predicted octanol–water partition coefficient (Wildman–Crippen LogP) is 5.37. The molecule has 1 amide bonds. The average molecular weight is 529 g/mol. The summed E-state index contributed by atoms with van der Waals surface area (Å²) in [5, 5.41) is 4.15. The van der Waals surface area contributed by atoms with Gasteiger partial charge in [0.25, 0.3) is 15.9 Å². The van der Waals surface area contributed by atoms with Gasteiger partial charge in [-0.3, -0.25) is 9.10 Å². The highest BCUT2D eigenvalue weighted by Gasteiger charge is 2.27. The van der Waals surface area contributed by atoms with E-state index in [9.17, 15) is 13.2 Å². The number of aryl methyl sites for hydroxylation is 4. The van der Waals surface area contributed by atoms with E-state index in [0.717, 1.165) is 32.5 Å². The number of benzene rings is 3. The van der Waals surface area contributed by atoms with Crippen molar-refractivity contribution in [2.45, 2.75) is 39.5 Å². The smallest absolute Gasteiger partial charge is 0.264 e. The first-order chi connectivity index (χ1) is 18.1. The first-order valence-electron chi connectivity index (χ1n) is 12.3. The maximum Gasteiger partial charge on any atom is 0.264 e. The average Bonchev–Trinajstić information content (AvgIpc) is 3.16. The van der Waals surface area contributed by atoms with Crippen molar-refractivity contribution in [1.82, 2.24) is 9.99 Å². The number of carbonyl (C=O) groups excluding carboxylic acids is 1. The highest BCUT2D eigenvalue weighted by Crippen LogP contribution is 2.26. The summed E-state index contributed by atoms with van der Waals surface area (Å²) in [5.74, 6) is -0.551. The van der Waals surface area contributed by atoms with Crippen LogP contribution in [-0.2, 0) is 14.8 Å². The van der Waals surface area contributed by atoms with Gasteiger partial charge in [-0.15, -0.1) is 0 Å². The number of rotatable bonds is 8. The van der Waals surface area contributed by atoms with E-state index in [-0.39, 0.29) is 4.90 Å². The number of hydrogen-bond donors (Lipinski definition) is 1. The molecule has 0 fully saturated rings. The zero-order valence-corrected chi connectivity index (χ0v) is 23.1. The van der Waals surface area contributed by atoms with Gasteiger partial charge >= 0.3 is 0 Å². The molecule has 7 nitrogen and oxygen atoms in total. The van der Waals surface area contributed by atoms with E-state index in [1.165, 1.54) is 23.3 Å². The van der Waals surface area contributed by atoms with Crippen LogP contribution in [0.25, 0.3) is 5.69 Å². The molecule has 1 N–H and O–H groups in total. The normalized spacial score (nSPS) is 11.6. The summed E-state index contributed by atoms with van der Waals surface area (Å²) >= 11 is 0. The van der Waals surface area contributed by atoms with Gasteiger partial charge in [0.1, 0.15) is 6.54 Å². The van der Waals surface area contributed by atoms with Gasteiger partial charge in [0.2, 0.25) is 0 Å². The van der Waals surface area contributed by atoms with Gasteiger partial charge in [-0.1, -0.05) is 54.1 Å². The van der Waals surface area contributed by atoms with E-state index in [1.54, 1.807) is 36.5 Å². The van der Waals surface area contributed by atoms with E-state index in [0.29, 0.717) is 5.69 Å². The number of amides is 1. The number of sulfonamides is 1. The third-order valence-electron chi connectivity index (χ3n) is 6.47. The minimum absolute atomic E-state index is 0.107.